The Kier molecular flexibility index (Phi) is 2.62. The van der Waals surface area contributed by atoms with E-state index in [4.69, 9.17) is 10.8 Å². The Labute approximate surface area is 90.9 Å². The molecule has 0 amide bonds. The van der Waals surface area contributed by atoms with Crippen molar-refractivity contribution < 1.29 is 14.3 Å². The van der Waals surface area contributed by atoms with Crippen LogP contribution in [0.3, 0.4) is 0 Å². The maximum Gasteiger partial charge on any atom is 0.320 e. The van der Waals surface area contributed by atoms with Crippen LogP contribution in [0.25, 0.3) is 10.9 Å². The van der Waals surface area contributed by atoms with Crippen LogP contribution < -0.4 is 5.73 Å². The number of hydrogen-bond acceptors (Lipinski definition) is 2. The predicted octanol–water partition coefficient (Wildman–Crippen LogP) is 1.26. The number of nitrogens with one attached hydrogen (secondary N) is 1. The molecule has 0 fully saturated rings. The fourth-order valence-corrected chi connectivity index (χ4v) is 1.64. The van der Waals surface area contributed by atoms with Crippen molar-refractivity contribution in [2.45, 2.75) is 12.5 Å². The number of nitrogens with two attached hydrogens (primary N) is 1. The van der Waals surface area contributed by atoms with Crippen molar-refractivity contribution in [2.75, 3.05) is 0 Å². The van der Waals surface area contributed by atoms with E-state index >= 15 is 0 Å². The molecule has 2 rings (SSSR count). The lowest BCUT2D eigenvalue weighted by Crippen LogP contribution is -2.32. The zero-order valence-corrected chi connectivity index (χ0v) is 8.40. The fraction of sp³-hybridized carbons (Fsp3) is 0.182. The molecule has 4 nitrogen and oxygen atoms in total. The Balaban J connectivity index is 2.37. The van der Waals surface area contributed by atoms with Crippen LogP contribution in [0.5, 0.6) is 0 Å². The molecule has 84 valence electrons. The average molecular weight is 221 g/mol. The van der Waals surface area contributed by atoms with E-state index in [1.807, 2.05) is 0 Å². The molecule has 0 saturated carbocycles. The summed E-state index contributed by atoms with van der Waals surface area (Å²) in [5.41, 5.74) is 6.91. The summed E-state index contributed by atoms with van der Waals surface area (Å²) < 4.78 is 13.0. The molecule has 5 heteroatoms. The lowest BCUT2D eigenvalue weighted by molar-refractivity contribution is -0.138. The first-order valence-electron chi connectivity index (χ1n) is 4.82. The summed E-state index contributed by atoms with van der Waals surface area (Å²) in [4.78, 5) is 13.6. The quantitative estimate of drug-likeness (QED) is 0.730. The predicted molar refractivity (Wildman–Crippen MR) is 57.6 cm³/mol. The van der Waals surface area contributed by atoms with Gasteiger partial charge >= 0.3 is 5.97 Å². The summed E-state index contributed by atoms with van der Waals surface area (Å²) in [5, 5.41) is 9.38. The number of H-pyrrole nitrogens is 1. The van der Waals surface area contributed by atoms with E-state index in [1.54, 1.807) is 12.3 Å². The highest BCUT2D eigenvalue weighted by molar-refractivity contribution is 5.84. The van der Waals surface area contributed by atoms with Gasteiger partial charge in [-0.3, -0.25) is 4.79 Å². The molecule has 1 heterocycles. The van der Waals surface area contributed by atoms with Crippen LogP contribution in [-0.4, -0.2) is 22.1 Å². The molecule has 1 atom stereocenters. The topological polar surface area (TPSA) is 79.1 Å². The second kappa shape index (κ2) is 3.94. The third-order valence-corrected chi connectivity index (χ3v) is 2.49. The second-order valence-corrected chi connectivity index (χ2v) is 3.65. The summed E-state index contributed by atoms with van der Waals surface area (Å²) in [6, 6.07) is 3.36. The van der Waals surface area contributed by atoms with E-state index in [-0.39, 0.29) is 12.2 Å². The molecule has 0 aliphatic heterocycles. The first kappa shape index (κ1) is 10.6. The monoisotopic (exact) mass is 221 g/mol. The van der Waals surface area contributed by atoms with Crippen molar-refractivity contribution in [3.63, 3.8) is 0 Å². The number of halogens is 1. The van der Waals surface area contributed by atoms with Crippen LogP contribution in [0.2, 0.25) is 0 Å². The van der Waals surface area contributed by atoms with Gasteiger partial charge in [0.15, 0.2) is 0 Å². The standard InChI is InChI=1S/C11H11FN2O2/c12-7-1-2-10-8(4-7)6(5-14-10)3-9(13)11(15)16/h1-2,4-5,9,14H,3,13H2,(H,15,16)/t9-/m0/s1/i3-1. The average Bonchev–Trinajstić information content (AvgIpc) is 2.61. The van der Waals surface area contributed by atoms with Crippen molar-refractivity contribution in [3.8, 4) is 0 Å². The van der Waals surface area contributed by atoms with Gasteiger partial charge in [0.2, 0.25) is 0 Å². The van der Waals surface area contributed by atoms with Crippen LogP contribution >= 0.6 is 0 Å². The summed E-state index contributed by atoms with van der Waals surface area (Å²) in [6.07, 6.45) is 1.84. The fourth-order valence-electron chi connectivity index (χ4n) is 1.64. The van der Waals surface area contributed by atoms with Crippen molar-refractivity contribution in [3.05, 3.63) is 35.8 Å². The highest BCUT2D eigenvalue weighted by Crippen LogP contribution is 2.20. The number of rotatable bonds is 3. The Morgan fingerprint density at radius 1 is 1.56 bits per heavy atom. The molecule has 0 unspecified atom stereocenters. The number of benzene rings is 1. The molecule has 1 aromatic heterocycles. The number of aromatic amines is 1. The highest BCUT2D eigenvalue weighted by Gasteiger charge is 2.14. The van der Waals surface area contributed by atoms with Gasteiger partial charge in [0.05, 0.1) is 0 Å². The minimum Gasteiger partial charge on any atom is -0.480 e. The normalized spacial score (nSPS) is 12.9. The zero-order chi connectivity index (χ0) is 11.7. The number of fused-ring (bicyclic) bond motifs is 1. The van der Waals surface area contributed by atoms with E-state index in [1.165, 1.54) is 12.1 Å². The van der Waals surface area contributed by atoms with E-state index < -0.39 is 12.0 Å². The molecule has 0 radical (unpaired) electrons. The van der Waals surface area contributed by atoms with Crippen molar-refractivity contribution in [1.82, 2.24) is 4.98 Å². The Bertz CT molecular complexity index is 536. The maximum atomic E-state index is 13.0. The Morgan fingerprint density at radius 3 is 3.00 bits per heavy atom. The number of hydrogen-bond donors (Lipinski definition) is 3. The molecule has 0 aliphatic rings. The molecular weight excluding hydrogens is 210 g/mol. The molecular formula is C11H11FN2O2. The van der Waals surface area contributed by atoms with Crippen LogP contribution in [0, 0.1) is 5.82 Å². The Morgan fingerprint density at radius 2 is 2.31 bits per heavy atom. The van der Waals surface area contributed by atoms with E-state index in [0.29, 0.717) is 10.9 Å². The van der Waals surface area contributed by atoms with Crippen LogP contribution in [0.1, 0.15) is 5.56 Å². The SMILES string of the molecule is N[C@@H]([11CH2]c1c[nH]c2ccc(F)cc12)C(=O)O. The molecule has 2 aromatic rings. The third-order valence-electron chi connectivity index (χ3n) is 2.49. The summed E-state index contributed by atoms with van der Waals surface area (Å²) in [5.74, 6) is -1.41. The molecule has 4 N–H and O–H groups in total. The number of carbonyl (C=O) groups is 1. The van der Waals surface area contributed by atoms with Crippen LogP contribution in [-0.2, 0) is 11.2 Å². The van der Waals surface area contributed by atoms with Gasteiger partial charge in [-0.25, -0.2) is 4.39 Å². The van der Waals surface area contributed by atoms with Crippen molar-refractivity contribution in [1.29, 1.82) is 0 Å². The Hall–Kier alpha value is -1.88. The van der Waals surface area contributed by atoms with Crippen molar-refractivity contribution >= 4 is 16.9 Å². The zero-order valence-electron chi connectivity index (χ0n) is 8.40. The van der Waals surface area contributed by atoms with E-state index in [9.17, 15) is 9.18 Å². The van der Waals surface area contributed by atoms with Gasteiger partial charge in [0.1, 0.15) is 11.9 Å². The molecule has 0 bridgehead atoms. The van der Waals surface area contributed by atoms with E-state index in [0.717, 1.165) is 5.52 Å². The number of aromatic nitrogens is 1. The van der Waals surface area contributed by atoms with Gasteiger partial charge in [-0.1, -0.05) is 0 Å². The number of carboxylic acids is 1. The maximum absolute atomic E-state index is 13.0. The van der Waals surface area contributed by atoms with Gasteiger partial charge in [-0.2, -0.15) is 0 Å². The molecule has 0 saturated heterocycles. The number of carboxylic acid groups (broad SMARTS) is 1. The smallest absolute Gasteiger partial charge is 0.320 e. The molecule has 1 aromatic carbocycles. The molecule has 0 spiro atoms. The highest BCUT2D eigenvalue weighted by atomic mass is 19.1. The van der Waals surface area contributed by atoms with Gasteiger partial charge in [0, 0.05) is 23.5 Å². The molecule has 16 heavy (non-hydrogen) atoms. The summed E-state index contributed by atoms with van der Waals surface area (Å²) >= 11 is 0. The lowest BCUT2D eigenvalue weighted by atomic mass is 9.73. The molecule has 0 aliphatic carbocycles. The van der Waals surface area contributed by atoms with Gasteiger partial charge in [0.25, 0.3) is 0 Å². The van der Waals surface area contributed by atoms with Crippen LogP contribution in [0.15, 0.2) is 24.4 Å². The minimum atomic E-state index is -1.06. The first-order chi connectivity index (χ1) is 7.58. The van der Waals surface area contributed by atoms with Gasteiger partial charge in [-0.15, -0.1) is 0 Å². The first-order valence-corrected chi connectivity index (χ1v) is 4.82. The third kappa shape index (κ3) is 1.90. The summed E-state index contributed by atoms with van der Waals surface area (Å²) in [7, 11) is 0. The summed E-state index contributed by atoms with van der Waals surface area (Å²) in [6.45, 7) is 0. The van der Waals surface area contributed by atoms with Gasteiger partial charge < -0.3 is 15.8 Å². The second-order valence-electron chi connectivity index (χ2n) is 3.65. The lowest BCUT2D eigenvalue weighted by Gasteiger charge is -2.04. The largest absolute Gasteiger partial charge is 0.480 e. The van der Waals surface area contributed by atoms with E-state index in [2.05, 4.69) is 4.98 Å². The minimum absolute atomic E-state index is 0.179. The van der Waals surface area contributed by atoms with Crippen LogP contribution in [0.4, 0.5) is 4.39 Å². The number of aliphatic carboxylic acids is 1. The van der Waals surface area contributed by atoms with Crippen molar-refractivity contribution in [2.24, 2.45) is 5.73 Å². The van der Waals surface area contributed by atoms with Gasteiger partial charge in [-0.05, 0) is 23.8 Å².